The molecule has 0 saturated carbocycles. The quantitative estimate of drug-likeness (QED) is 0.0336. The first kappa shape index (κ1) is 45.2. The van der Waals surface area contributed by atoms with Crippen molar-refractivity contribution < 1.29 is 38.0 Å². The molecule has 0 heterocycles. The topological polar surface area (TPSA) is 89.5 Å². The Hall–Kier alpha value is -5.80. The highest BCUT2D eigenvalue weighted by molar-refractivity contribution is 9.10. The Morgan fingerprint density at radius 1 is 0.444 bits per heavy atom. The van der Waals surface area contributed by atoms with Gasteiger partial charge in [0.05, 0.1) is 0 Å². The van der Waals surface area contributed by atoms with Gasteiger partial charge in [0.25, 0.3) is 0 Å². The van der Waals surface area contributed by atoms with Crippen molar-refractivity contribution in [1.29, 1.82) is 0 Å². The van der Waals surface area contributed by atoms with E-state index in [4.69, 9.17) is 28.4 Å². The number of carbonyl (C=O) groups excluding carboxylic acids is 2. The van der Waals surface area contributed by atoms with Crippen LogP contribution in [-0.4, -0.2) is 50.6 Å². The van der Waals surface area contributed by atoms with Crippen LogP contribution in [0.25, 0.3) is 43.1 Å². The Morgan fingerprint density at radius 2 is 0.857 bits per heavy atom. The van der Waals surface area contributed by atoms with E-state index >= 15 is 0 Å². The SMILES string of the molecule is CCCCCCC(=O)OC(COc1cccc2ccccc12)COc1c2ccccc2c(OCC(COc2cccc3ccccc23)OC(=O)CCCCCC)c2cc(Br)ccc12. The van der Waals surface area contributed by atoms with Crippen molar-refractivity contribution in [3.05, 3.63) is 132 Å². The molecule has 0 bridgehead atoms. The number of fused-ring (bicyclic) bond motifs is 4. The molecule has 7 rings (SSSR count). The third kappa shape index (κ3) is 12.2. The maximum atomic E-state index is 13.2. The summed E-state index contributed by atoms with van der Waals surface area (Å²) in [4.78, 5) is 26.4. The fraction of sp³-hybridized carbons (Fsp3) is 0.333. The largest absolute Gasteiger partial charge is 0.489 e. The van der Waals surface area contributed by atoms with E-state index in [-0.39, 0.29) is 38.4 Å². The summed E-state index contributed by atoms with van der Waals surface area (Å²) in [5.74, 6) is 2.12. The molecule has 0 amide bonds. The summed E-state index contributed by atoms with van der Waals surface area (Å²) in [6.07, 6.45) is 7.07. The van der Waals surface area contributed by atoms with Gasteiger partial charge in [-0.3, -0.25) is 9.59 Å². The number of benzene rings is 7. The van der Waals surface area contributed by atoms with Crippen LogP contribution in [-0.2, 0) is 19.1 Å². The van der Waals surface area contributed by atoms with Gasteiger partial charge in [-0.15, -0.1) is 0 Å². The van der Waals surface area contributed by atoms with E-state index in [2.05, 4.69) is 29.8 Å². The fourth-order valence-corrected chi connectivity index (χ4v) is 8.22. The van der Waals surface area contributed by atoms with Gasteiger partial charge in [0.1, 0.15) is 49.4 Å². The molecule has 0 N–H and O–H groups in total. The smallest absolute Gasteiger partial charge is 0.306 e. The zero-order chi connectivity index (χ0) is 43.8. The number of halogens is 1. The van der Waals surface area contributed by atoms with Crippen LogP contribution >= 0.6 is 15.9 Å². The Kier molecular flexibility index (Phi) is 16.5. The lowest BCUT2D eigenvalue weighted by Gasteiger charge is -2.23. The number of unbranched alkanes of at least 4 members (excludes halogenated alkanes) is 6. The molecule has 2 atom stereocenters. The van der Waals surface area contributed by atoms with E-state index in [9.17, 15) is 9.59 Å². The van der Waals surface area contributed by atoms with Gasteiger partial charge in [-0.25, -0.2) is 0 Å². The summed E-state index contributed by atoms with van der Waals surface area (Å²) in [7, 11) is 0. The van der Waals surface area contributed by atoms with Gasteiger partial charge in [0.2, 0.25) is 0 Å². The molecule has 0 aliphatic heterocycles. The number of hydrogen-bond donors (Lipinski definition) is 0. The van der Waals surface area contributed by atoms with E-state index in [1.807, 2.05) is 127 Å². The Labute approximate surface area is 378 Å². The van der Waals surface area contributed by atoms with Crippen LogP contribution in [0.2, 0.25) is 0 Å². The van der Waals surface area contributed by atoms with Crippen LogP contribution in [0.3, 0.4) is 0 Å². The first-order valence-electron chi connectivity index (χ1n) is 22.4. The van der Waals surface area contributed by atoms with Gasteiger partial charge in [-0.2, -0.15) is 0 Å². The molecular weight excluding hydrogens is 856 g/mol. The van der Waals surface area contributed by atoms with E-state index < -0.39 is 12.2 Å². The molecule has 9 heteroatoms. The van der Waals surface area contributed by atoms with E-state index in [0.717, 1.165) is 98.9 Å². The van der Waals surface area contributed by atoms with Crippen molar-refractivity contribution in [1.82, 2.24) is 0 Å². The second kappa shape index (κ2) is 23.0. The Morgan fingerprint density at radius 3 is 1.35 bits per heavy atom. The van der Waals surface area contributed by atoms with Gasteiger partial charge >= 0.3 is 11.9 Å². The molecular formula is C54H57BrO8. The highest BCUT2D eigenvalue weighted by Gasteiger charge is 2.24. The first-order chi connectivity index (χ1) is 30.9. The summed E-state index contributed by atoms with van der Waals surface area (Å²) in [5.41, 5.74) is 0. The minimum Gasteiger partial charge on any atom is -0.489 e. The molecule has 8 nitrogen and oxygen atoms in total. The molecule has 2 unspecified atom stereocenters. The average molecular weight is 914 g/mol. The summed E-state index contributed by atoms with van der Waals surface area (Å²) in [6.45, 7) is 4.62. The predicted octanol–water partition coefficient (Wildman–Crippen LogP) is 13.7. The lowest BCUT2D eigenvalue weighted by molar-refractivity contribution is -0.153. The van der Waals surface area contributed by atoms with Crippen molar-refractivity contribution in [3.63, 3.8) is 0 Å². The Balaban J connectivity index is 1.15. The number of hydrogen-bond acceptors (Lipinski definition) is 8. The highest BCUT2D eigenvalue weighted by atomic mass is 79.9. The van der Waals surface area contributed by atoms with Crippen molar-refractivity contribution in [3.8, 4) is 23.0 Å². The number of rotatable bonds is 24. The second-order valence-electron chi connectivity index (χ2n) is 15.9. The van der Waals surface area contributed by atoms with Crippen molar-refractivity contribution in [2.45, 2.75) is 90.3 Å². The first-order valence-corrected chi connectivity index (χ1v) is 23.2. The van der Waals surface area contributed by atoms with Crippen LogP contribution in [0.5, 0.6) is 23.0 Å². The van der Waals surface area contributed by atoms with E-state index in [0.29, 0.717) is 35.8 Å². The van der Waals surface area contributed by atoms with Crippen molar-refractivity contribution in [2.24, 2.45) is 0 Å². The fourth-order valence-electron chi connectivity index (χ4n) is 7.86. The maximum Gasteiger partial charge on any atom is 0.306 e. The van der Waals surface area contributed by atoms with Gasteiger partial charge in [0, 0.05) is 49.6 Å². The maximum absolute atomic E-state index is 13.2. The normalized spacial score (nSPS) is 12.3. The second-order valence-corrected chi connectivity index (χ2v) is 16.9. The van der Waals surface area contributed by atoms with Gasteiger partial charge < -0.3 is 28.4 Å². The number of esters is 2. The highest BCUT2D eigenvalue weighted by Crippen LogP contribution is 2.44. The summed E-state index contributed by atoms with van der Waals surface area (Å²) >= 11 is 3.69. The van der Waals surface area contributed by atoms with Crippen LogP contribution in [0.1, 0.15) is 78.1 Å². The zero-order valence-electron chi connectivity index (χ0n) is 36.3. The average Bonchev–Trinajstić information content (AvgIpc) is 3.31. The van der Waals surface area contributed by atoms with E-state index in [1.54, 1.807) is 0 Å². The third-order valence-corrected chi connectivity index (χ3v) is 11.6. The molecule has 0 fully saturated rings. The lowest BCUT2D eigenvalue weighted by Crippen LogP contribution is -2.31. The molecule has 0 radical (unpaired) electrons. The molecule has 0 aromatic heterocycles. The van der Waals surface area contributed by atoms with Crippen molar-refractivity contribution >= 4 is 71.0 Å². The van der Waals surface area contributed by atoms with Crippen LogP contribution < -0.4 is 18.9 Å². The van der Waals surface area contributed by atoms with Gasteiger partial charge in [-0.05, 0) is 53.9 Å². The third-order valence-electron chi connectivity index (χ3n) is 11.1. The summed E-state index contributed by atoms with van der Waals surface area (Å²) < 4.78 is 39.3. The molecule has 63 heavy (non-hydrogen) atoms. The van der Waals surface area contributed by atoms with Crippen LogP contribution in [0, 0.1) is 0 Å². The predicted molar refractivity (Wildman–Crippen MR) is 256 cm³/mol. The number of carbonyl (C=O) groups is 2. The monoisotopic (exact) mass is 912 g/mol. The molecule has 0 aliphatic carbocycles. The molecule has 7 aromatic carbocycles. The van der Waals surface area contributed by atoms with E-state index in [1.165, 1.54) is 0 Å². The summed E-state index contributed by atoms with van der Waals surface area (Å²) in [5, 5.41) is 7.32. The van der Waals surface area contributed by atoms with Crippen LogP contribution in [0.15, 0.2) is 132 Å². The molecule has 7 aromatic rings. The number of ether oxygens (including phenoxy) is 6. The lowest BCUT2D eigenvalue weighted by atomic mass is 10.0. The zero-order valence-corrected chi connectivity index (χ0v) is 37.9. The summed E-state index contributed by atoms with van der Waals surface area (Å²) in [6, 6.07) is 41.8. The molecule has 0 saturated heterocycles. The minimum absolute atomic E-state index is 0.0546. The van der Waals surface area contributed by atoms with Gasteiger partial charge in [0.15, 0.2) is 12.2 Å². The molecule has 0 aliphatic rings. The standard InChI is InChI=1S/C54H57BrO8/c1-3-5-7-9-29-51(56)62-41(34-58-49-27-17-21-38-19-11-13-23-43(38)49)36-60-53-45-25-15-16-26-46(45)54(48-33-40(55)31-32-47(48)53)61-37-42(63-52(57)30-10-8-6-4-2)35-59-50-28-18-22-39-20-12-14-24-44(39)50/h11-28,31-33,41-42H,3-10,29-30,34-37H2,1-2H3. The van der Waals surface area contributed by atoms with Crippen LogP contribution in [0.4, 0.5) is 0 Å². The Bertz CT molecular complexity index is 2600. The molecule has 328 valence electrons. The molecule has 0 spiro atoms. The van der Waals surface area contributed by atoms with Crippen molar-refractivity contribution in [2.75, 3.05) is 26.4 Å². The van der Waals surface area contributed by atoms with Gasteiger partial charge in [-0.1, -0.05) is 165 Å². The minimum atomic E-state index is -0.696.